The molecule has 0 radical (unpaired) electrons. The lowest BCUT2D eigenvalue weighted by molar-refractivity contribution is -0.278. The molecule has 0 saturated heterocycles. The zero-order valence-corrected chi connectivity index (χ0v) is 16.3. The van der Waals surface area contributed by atoms with Crippen LogP contribution in [-0.2, 0) is 0 Å². The van der Waals surface area contributed by atoms with Gasteiger partial charge in [0.15, 0.2) is 0 Å². The number of ether oxygens (including phenoxy) is 1. The third-order valence-electron chi connectivity index (χ3n) is 2.74. The molecule has 0 fully saturated rings. The lowest BCUT2D eigenvalue weighted by Gasteiger charge is -2.13. The number of rotatable bonds is 4. The van der Waals surface area contributed by atoms with Crippen molar-refractivity contribution in [2.45, 2.75) is 33.3 Å². The van der Waals surface area contributed by atoms with E-state index in [0.29, 0.717) is 11.3 Å². The minimum Gasteiger partial charge on any atom is -0.489 e. The van der Waals surface area contributed by atoms with Crippen molar-refractivity contribution >= 4 is 60.2 Å². The average Bonchev–Trinajstić information content (AvgIpc) is 2.42. The van der Waals surface area contributed by atoms with Gasteiger partial charge in [0.2, 0.25) is 5.70 Å². The Morgan fingerprint density at radius 2 is 2.19 bits per heavy atom. The molecule has 0 bridgehead atoms. The molecule has 0 aromatic heterocycles. The van der Waals surface area contributed by atoms with E-state index in [-0.39, 0.29) is 16.9 Å². The van der Waals surface area contributed by atoms with Crippen LogP contribution in [0, 0.1) is 5.82 Å². The second-order valence-electron chi connectivity index (χ2n) is 4.68. The van der Waals surface area contributed by atoms with Crippen LogP contribution < -0.4 is 7.88 Å². The summed E-state index contributed by atoms with van der Waals surface area (Å²) >= 11 is 8.99. The maximum Gasteiger partial charge on any atom is 0.363 e. The highest BCUT2D eigenvalue weighted by atomic mass is 127. The van der Waals surface area contributed by atoms with E-state index in [0.717, 1.165) is 22.3 Å². The molecule has 21 heavy (non-hydrogen) atoms. The van der Waals surface area contributed by atoms with Gasteiger partial charge in [0, 0.05) is 0 Å². The molecule has 1 aromatic rings. The summed E-state index contributed by atoms with van der Waals surface area (Å²) in [6.45, 7) is 5.83. The lowest BCUT2D eigenvalue weighted by atomic mass is 10.1. The second kappa shape index (κ2) is 7.28. The van der Waals surface area contributed by atoms with E-state index in [1.807, 2.05) is 20.8 Å². The summed E-state index contributed by atoms with van der Waals surface area (Å²) in [5.41, 5.74) is 2.12. The van der Waals surface area contributed by atoms with Gasteiger partial charge in [0.05, 0.1) is 22.4 Å². The van der Waals surface area contributed by atoms with Crippen LogP contribution in [-0.4, -0.2) is 11.8 Å². The average molecular weight is 489 g/mol. The maximum atomic E-state index is 14.3. The molecule has 1 aliphatic rings. The molecular weight excluding hydrogens is 473 g/mol. The number of nitrogens with zero attached hydrogens (tertiary/aromatic N) is 1. The SMILES string of the molecule is CCC1=NI=[NH+]C(c2cc(OC(C)C)c(Cl)cc2F)=C1Br. The molecule has 2 rings (SSSR count). The number of benzene rings is 1. The van der Waals surface area contributed by atoms with Crippen molar-refractivity contribution in [3.05, 3.63) is 33.0 Å². The highest BCUT2D eigenvalue weighted by molar-refractivity contribution is 14.1. The summed E-state index contributed by atoms with van der Waals surface area (Å²) in [4.78, 5) is 0. The Kier molecular flexibility index (Phi) is 5.90. The van der Waals surface area contributed by atoms with Crippen molar-refractivity contribution in [1.82, 2.24) is 0 Å². The van der Waals surface area contributed by atoms with Gasteiger partial charge in [0.25, 0.3) is 0 Å². The van der Waals surface area contributed by atoms with Crippen LogP contribution >= 0.6 is 48.8 Å². The highest BCUT2D eigenvalue weighted by Crippen LogP contribution is 2.33. The van der Waals surface area contributed by atoms with Gasteiger partial charge in [-0.1, -0.05) is 18.5 Å². The summed E-state index contributed by atoms with van der Waals surface area (Å²) in [5.74, 6) is 0.105. The van der Waals surface area contributed by atoms with E-state index in [9.17, 15) is 4.39 Å². The number of allylic oxidation sites excluding steroid dienone is 1. The summed E-state index contributed by atoms with van der Waals surface area (Å²) in [7, 11) is 0. The molecule has 0 unspecified atom stereocenters. The number of hydrogen-bond donors (Lipinski definition) is 1. The fourth-order valence-corrected chi connectivity index (χ4v) is 5.16. The molecule has 0 amide bonds. The van der Waals surface area contributed by atoms with Crippen molar-refractivity contribution in [2.75, 3.05) is 0 Å². The second-order valence-corrected chi connectivity index (χ2v) is 7.39. The highest BCUT2D eigenvalue weighted by Gasteiger charge is 2.24. The fourth-order valence-electron chi connectivity index (χ4n) is 1.79. The predicted octanol–water partition coefficient (Wildman–Crippen LogP) is 4.34. The first kappa shape index (κ1) is 17.0. The van der Waals surface area contributed by atoms with Crippen LogP contribution in [0.1, 0.15) is 32.8 Å². The van der Waals surface area contributed by atoms with E-state index in [1.54, 1.807) is 6.07 Å². The molecule has 7 heteroatoms. The van der Waals surface area contributed by atoms with E-state index < -0.39 is 21.3 Å². The van der Waals surface area contributed by atoms with Crippen molar-refractivity contribution < 1.29 is 12.3 Å². The summed E-state index contributed by atoms with van der Waals surface area (Å²) in [6.07, 6.45) is 0.772. The molecule has 1 heterocycles. The molecule has 3 nitrogen and oxygen atoms in total. The Labute approximate surface area is 147 Å². The normalized spacial score (nSPS) is 15.1. The summed E-state index contributed by atoms with van der Waals surface area (Å²) in [5, 5.41) is 0.275. The first-order valence-electron chi connectivity index (χ1n) is 6.46. The van der Waals surface area contributed by atoms with Gasteiger partial charge in [-0.2, -0.15) is 6.35 Å². The van der Waals surface area contributed by atoms with E-state index in [2.05, 4.69) is 22.3 Å². The third kappa shape index (κ3) is 3.90. The van der Waals surface area contributed by atoms with Crippen molar-refractivity contribution in [2.24, 2.45) is 3.21 Å². The Hall–Kier alpha value is -0.340. The largest absolute Gasteiger partial charge is 0.489 e. The first-order valence-corrected chi connectivity index (χ1v) is 9.67. The molecule has 0 saturated carbocycles. The first-order chi connectivity index (χ1) is 9.93. The predicted molar refractivity (Wildman–Crippen MR) is 95.7 cm³/mol. The van der Waals surface area contributed by atoms with Gasteiger partial charge in [-0.05, 0) is 48.3 Å². The molecule has 0 atom stereocenters. The maximum absolute atomic E-state index is 14.3. The van der Waals surface area contributed by atoms with E-state index >= 15 is 0 Å². The molecule has 0 spiro atoms. The fraction of sp³-hybridized carbons (Fsp3) is 0.357. The van der Waals surface area contributed by atoms with Crippen LogP contribution in [0.25, 0.3) is 5.70 Å². The monoisotopic (exact) mass is 487 g/mol. The molecule has 114 valence electrons. The summed E-state index contributed by atoms with van der Waals surface area (Å²) in [6, 6.07) is 2.93. The zero-order valence-electron chi connectivity index (χ0n) is 11.8. The van der Waals surface area contributed by atoms with Gasteiger partial charge in [-0.25, -0.2) is 4.39 Å². The van der Waals surface area contributed by atoms with Gasteiger partial charge in [-0.3, -0.25) is 0 Å². The summed E-state index contributed by atoms with van der Waals surface area (Å²) < 4.78 is 28.4. The van der Waals surface area contributed by atoms with Gasteiger partial charge in [0.1, 0.15) is 16.0 Å². The molecule has 1 N–H and O–H groups in total. The topological polar surface area (TPSA) is 35.6 Å². The molecule has 1 aliphatic heterocycles. The minimum atomic E-state index is -0.563. The molecule has 0 aliphatic carbocycles. The molecule has 1 aromatic carbocycles. The van der Waals surface area contributed by atoms with Crippen LogP contribution in [0.2, 0.25) is 5.02 Å². The number of nitrogens with one attached hydrogen (secondary N) is 1. The van der Waals surface area contributed by atoms with Crippen molar-refractivity contribution in [3.8, 4) is 5.75 Å². The van der Waals surface area contributed by atoms with Gasteiger partial charge < -0.3 is 4.74 Å². The Bertz CT molecular complexity index is 659. The Balaban J connectivity index is 2.54. The van der Waals surface area contributed by atoms with Crippen LogP contribution in [0.4, 0.5) is 4.39 Å². The number of halogens is 4. The molecular formula is C14H15BrClFIN2O+. The van der Waals surface area contributed by atoms with E-state index in [4.69, 9.17) is 16.3 Å². The standard InChI is InChI=1S/C14H14BrClFIN2O/c1-4-11-13(15)14(20-18-19-11)8-5-12(21-7(2)3)9(16)6-10(8)17/h5-7H,4H2,1-3H3/p+1. The third-order valence-corrected chi connectivity index (χ3v) is 5.50. The zero-order chi connectivity index (χ0) is 15.6. The lowest BCUT2D eigenvalue weighted by Crippen LogP contribution is -2.60. The Morgan fingerprint density at radius 1 is 1.48 bits per heavy atom. The van der Waals surface area contributed by atoms with Crippen molar-refractivity contribution in [1.29, 1.82) is 0 Å². The van der Waals surface area contributed by atoms with Crippen molar-refractivity contribution in [3.63, 3.8) is 0 Å². The van der Waals surface area contributed by atoms with Crippen LogP contribution in [0.5, 0.6) is 5.75 Å². The quantitative estimate of drug-likeness (QED) is 0.629. The van der Waals surface area contributed by atoms with Crippen LogP contribution in [0.3, 0.4) is 0 Å². The minimum absolute atomic E-state index is 0.0299. The number of hydrogen-bond acceptors (Lipinski definition) is 2. The van der Waals surface area contributed by atoms with Gasteiger partial charge >= 0.3 is 21.3 Å². The van der Waals surface area contributed by atoms with Crippen LogP contribution in [0.15, 0.2) is 19.8 Å². The van der Waals surface area contributed by atoms with E-state index in [1.165, 1.54) is 6.07 Å². The smallest absolute Gasteiger partial charge is 0.363 e. The van der Waals surface area contributed by atoms with Gasteiger partial charge in [-0.15, -0.1) is 0 Å². The Morgan fingerprint density at radius 3 is 2.81 bits per heavy atom.